The van der Waals surface area contributed by atoms with Crippen LogP contribution in [0.3, 0.4) is 0 Å². The maximum atomic E-state index is 13.8. The van der Waals surface area contributed by atoms with Crippen LogP contribution in [0.15, 0.2) is 71.6 Å². The minimum absolute atomic E-state index is 0.0215. The number of hydrogen-bond acceptors (Lipinski definition) is 6. The van der Waals surface area contributed by atoms with E-state index in [-0.39, 0.29) is 23.2 Å². The highest BCUT2D eigenvalue weighted by Gasteiger charge is 2.30. The molecule has 1 aliphatic rings. The molecule has 0 fully saturated rings. The molecule has 0 saturated carbocycles. The zero-order valence-electron chi connectivity index (χ0n) is 20.6. The summed E-state index contributed by atoms with van der Waals surface area (Å²) in [5, 5.41) is 3.05. The molecule has 0 aliphatic heterocycles. The SMILES string of the molecule is COc1ccc(N(CC(=O)N[C@H]2CCCc3ccccc32)S(=O)(=O)c2ccc(OC)c(OC)c2)cc1. The number of carbonyl (C=O) groups excluding carboxylic acids is 1. The number of hydrogen-bond donors (Lipinski definition) is 1. The van der Waals surface area contributed by atoms with Gasteiger partial charge in [-0.3, -0.25) is 9.10 Å². The number of aryl methyl sites for hydroxylation is 1. The molecule has 0 saturated heterocycles. The number of benzene rings is 3. The van der Waals surface area contributed by atoms with Crippen LogP contribution in [0.25, 0.3) is 0 Å². The number of nitrogens with one attached hydrogen (secondary N) is 1. The number of ether oxygens (including phenoxy) is 3. The maximum absolute atomic E-state index is 13.8. The summed E-state index contributed by atoms with van der Waals surface area (Å²) in [5.74, 6) is 0.861. The van der Waals surface area contributed by atoms with Gasteiger partial charge in [0.2, 0.25) is 5.91 Å². The molecular formula is C27H30N2O6S. The molecule has 9 heteroatoms. The molecule has 190 valence electrons. The van der Waals surface area contributed by atoms with Crippen molar-refractivity contribution in [3.05, 3.63) is 77.9 Å². The largest absolute Gasteiger partial charge is 0.497 e. The first kappa shape index (κ1) is 25.4. The molecule has 0 spiro atoms. The summed E-state index contributed by atoms with van der Waals surface area (Å²) >= 11 is 0. The van der Waals surface area contributed by atoms with Crippen molar-refractivity contribution in [2.45, 2.75) is 30.2 Å². The van der Waals surface area contributed by atoms with Crippen LogP contribution in [0.5, 0.6) is 17.2 Å². The van der Waals surface area contributed by atoms with Crippen LogP contribution in [0.4, 0.5) is 5.69 Å². The van der Waals surface area contributed by atoms with Gasteiger partial charge in [0, 0.05) is 6.07 Å². The fraction of sp³-hybridized carbons (Fsp3) is 0.296. The summed E-state index contributed by atoms with van der Waals surface area (Å²) in [6.45, 7) is -0.387. The molecular weight excluding hydrogens is 480 g/mol. The molecule has 0 unspecified atom stereocenters. The average molecular weight is 511 g/mol. The lowest BCUT2D eigenvalue weighted by molar-refractivity contribution is -0.120. The Balaban J connectivity index is 1.66. The van der Waals surface area contributed by atoms with E-state index in [4.69, 9.17) is 14.2 Å². The number of nitrogens with zero attached hydrogens (tertiary/aromatic N) is 1. The molecule has 1 N–H and O–H groups in total. The normalized spacial score (nSPS) is 14.9. The molecule has 1 aliphatic carbocycles. The molecule has 8 nitrogen and oxygen atoms in total. The Kier molecular flexibility index (Phi) is 7.69. The summed E-state index contributed by atoms with van der Waals surface area (Å²) in [6, 6.07) is 18.7. The number of sulfonamides is 1. The summed E-state index contributed by atoms with van der Waals surface area (Å²) in [6.07, 6.45) is 2.72. The van der Waals surface area contributed by atoms with Crippen LogP contribution in [0.1, 0.15) is 30.0 Å². The molecule has 0 heterocycles. The topological polar surface area (TPSA) is 94.2 Å². The van der Waals surface area contributed by atoms with Gasteiger partial charge in [0.15, 0.2) is 11.5 Å². The molecule has 0 radical (unpaired) electrons. The number of fused-ring (bicyclic) bond motifs is 1. The van der Waals surface area contributed by atoms with E-state index in [9.17, 15) is 13.2 Å². The van der Waals surface area contributed by atoms with Gasteiger partial charge in [-0.1, -0.05) is 24.3 Å². The van der Waals surface area contributed by atoms with Gasteiger partial charge in [-0.2, -0.15) is 0 Å². The molecule has 3 aromatic carbocycles. The predicted octanol–water partition coefficient (Wildman–Crippen LogP) is 4.10. The third kappa shape index (κ3) is 5.26. The Labute approximate surface area is 211 Å². The molecule has 36 heavy (non-hydrogen) atoms. The standard InChI is InChI=1S/C27H30N2O6S/c1-33-21-13-11-20(12-14-21)29(36(31,32)22-15-16-25(34-2)26(17-22)35-3)18-27(30)28-24-10-6-8-19-7-4-5-9-23(19)24/h4-5,7,9,11-17,24H,6,8,10,18H2,1-3H3,(H,28,30)/t24-/m0/s1. The zero-order chi connectivity index (χ0) is 25.7. The van der Waals surface area contributed by atoms with Crippen molar-refractivity contribution >= 4 is 21.6 Å². The summed E-state index contributed by atoms with van der Waals surface area (Å²) in [4.78, 5) is 13.2. The van der Waals surface area contributed by atoms with E-state index in [2.05, 4.69) is 11.4 Å². The second kappa shape index (κ2) is 10.9. The fourth-order valence-electron chi connectivity index (χ4n) is 4.44. The van der Waals surface area contributed by atoms with Crippen molar-refractivity contribution in [2.24, 2.45) is 0 Å². The quantitative estimate of drug-likeness (QED) is 0.466. The molecule has 1 amide bonds. The first-order chi connectivity index (χ1) is 17.4. The first-order valence-electron chi connectivity index (χ1n) is 11.6. The van der Waals surface area contributed by atoms with Gasteiger partial charge in [0.25, 0.3) is 10.0 Å². The van der Waals surface area contributed by atoms with Crippen molar-refractivity contribution in [3.8, 4) is 17.2 Å². The number of methoxy groups -OCH3 is 3. The Morgan fingerprint density at radius 3 is 2.36 bits per heavy atom. The van der Waals surface area contributed by atoms with Crippen LogP contribution in [-0.4, -0.2) is 42.2 Å². The van der Waals surface area contributed by atoms with E-state index in [1.807, 2.05) is 18.2 Å². The maximum Gasteiger partial charge on any atom is 0.264 e. The highest BCUT2D eigenvalue weighted by molar-refractivity contribution is 7.92. The Hall–Kier alpha value is -3.72. The summed E-state index contributed by atoms with van der Waals surface area (Å²) in [7, 11) is 0.310. The number of anilines is 1. The molecule has 4 rings (SSSR count). The highest BCUT2D eigenvalue weighted by Crippen LogP contribution is 2.33. The van der Waals surface area contributed by atoms with E-state index in [0.717, 1.165) is 29.1 Å². The average Bonchev–Trinajstić information content (AvgIpc) is 2.91. The second-order valence-electron chi connectivity index (χ2n) is 8.44. The van der Waals surface area contributed by atoms with E-state index in [1.165, 1.54) is 45.1 Å². The summed E-state index contributed by atoms with van der Waals surface area (Å²) in [5.41, 5.74) is 2.62. The van der Waals surface area contributed by atoms with E-state index in [0.29, 0.717) is 17.2 Å². The molecule has 0 bridgehead atoms. The van der Waals surface area contributed by atoms with Gasteiger partial charge in [-0.05, 0) is 66.8 Å². The van der Waals surface area contributed by atoms with Gasteiger partial charge in [-0.15, -0.1) is 0 Å². The molecule has 3 aromatic rings. The van der Waals surface area contributed by atoms with Crippen molar-refractivity contribution < 1.29 is 27.4 Å². The number of rotatable bonds is 9. The van der Waals surface area contributed by atoms with E-state index >= 15 is 0 Å². The minimum atomic E-state index is -4.13. The van der Waals surface area contributed by atoms with Crippen LogP contribution in [0, 0.1) is 0 Å². The van der Waals surface area contributed by atoms with Crippen molar-refractivity contribution in [1.82, 2.24) is 5.32 Å². The van der Waals surface area contributed by atoms with Crippen LogP contribution in [-0.2, 0) is 21.2 Å². The highest BCUT2D eigenvalue weighted by atomic mass is 32.2. The number of amides is 1. The Morgan fingerprint density at radius 1 is 0.944 bits per heavy atom. The fourth-order valence-corrected chi connectivity index (χ4v) is 5.88. The third-order valence-electron chi connectivity index (χ3n) is 6.30. The molecule has 1 atom stereocenters. The third-order valence-corrected chi connectivity index (χ3v) is 8.07. The molecule has 0 aromatic heterocycles. The van der Waals surface area contributed by atoms with Crippen LogP contribution < -0.4 is 23.8 Å². The van der Waals surface area contributed by atoms with Crippen molar-refractivity contribution in [3.63, 3.8) is 0 Å². The van der Waals surface area contributed by atoms with Gasteiger partial charge in [-0.25, -0.2) is 8.42 Å². The van der Waals surface area contributed by atoms with Crippen LogP contribution >= 0.6 is 0 Å². The predicted molar refractivity (Wildman–Crippen MR) is 137 cm³/mol. The Morgan fingerprint density at radius 2 is 1.67 bits per heavy atom. The van der Waals surface area contributed by atoms with E-state index in [1.54, 1.807) is 24.3 Å². The Bertz CT molecular complexity index is 1320. The van der Waals surface area contributed by atoms with Gasteiger partial charge in [0.05, 0.1) is 38.0 Å². The lowest BCUT2D eigenvalue weighted by atomic mass is 9.88. The van der Waals surface area contributed by atoms with E-state index < -0.39 is 15.9 Å². The van der Waals surface area contributed by atoms with Gasteiger partial charge >= 0.3 is 0 Å². The summed E-state index contributed by atoms with van der Waals surface area (Å²) < 4.78 is 44.4. The number of carbonyl (C=O) groups is 1. The van der Waals surface area contributed by atoms with Crippen molar-refractivity contribution in [1.29, 1.82) is 0 Å². The smallest absolute Gasteiger partial charge is 0.264 e. The van der Waals surface area contributed by atoms with Gasteiger partial charge < -0.3 is 19.5 Å². The lowest BCUT2D eigenvalue weighted by Gasteiger charge is -2.29. The lowest BCUT2D eigenvalue weighted by Crippen LogP contribution is -2.42. The first-order valence-corrected chi connectivity index (χ1v) is 13.1. The zero-order valence-corrected chi connectivity index (χ0v) is 21.4. The monoisotopic (exact) mass is 510 g/mol. The minimum Gasteiger partial charge on any atom is -0.497 e. The van der Waals surface area contributed by atoms with Crippen LogP contribution in [0.2, 0.25) is 0 Å². The van der Waals surface area contributed by atoms with Crippen molar-refractivity contribution in [2.75, 3.05) is 32.2 Å². The second-order valence-corrected chi connectivity index (χ2v) is 10.3. The van der Waals surface area contributed by atoms with Gasteiger partial charge in [0.1, 0.15) is 12.3 Å².